The van der Waals surface area contributed by atoms with E-state index in [9.17, 15) is 4.79 Å². The molecule has 5 heteroatoms. The van der Waals surface area contributed by atoms with E-state index in [2.05, 4.69) is 9.97 Å². The second-order valence-corrected chi connectivity index (χ2v) is 4.00. The van der Waals surface area contributed by atoms with Crippen LogP contribution in [0.5, 0.6) is 0 Å². The Bertz CT molecular complexity index is 482. The SMILES string of the molecule is CCOC(=O)c1cnc(-c2ccccn2)s1. The van der Waals surface area contributed by atoms with E-state index in [0.29, 0.717) is 11.5 Å². The number of pyridine rings is 1. The normalized spacial score (nSPS) is 10.1. The maximum Gasteiger partial charge on any atom is 0.349 e. The van der Waals surface area contributed by atoms with Crippen molar-refractivity contribution in [1.82, 2.24) is 9.97 Å². The molecule has 2 aromatic rings. The van der Waals surface area contributed by atoms with Gasteiger partial charge < -0.3 is 4.74 Å². The summed E-state index contributed by atoms with van der Waals surface area (Å²) in [6, 6.07) is 5.57. The Hall–Kier alpha value is -1.75. The predicted octanol–water partition coefficient (Wildman–Crippen LogP) is 2.38. The van der Waals surface area contributed by atoms with E-state index in [4.69, 9.17) is 4.74 Å². The lowest BCUT2D eigenvalue weighted by Gasteiger charge is -1.96. The molecule has 0 radical (unpaired) electrons. The van der Waals surface area contributed by atoms with Crippen LogP contribution in [0.25, 0.3) is 10.7 Å². The molecule has 0 fully saturated rings. The van der Waals surface area contributed by atoms with Gasteiger partial charge in [0, 0.05) is 6.20 Å². The maximum atomic E-state index is 11.4. The van der Waals surface area contributed by atoms with Gasteiger partial charge in [-0.1, -0.05) is 6.07 Å². The summed E-state index contributed by atoms with van der Waals surface area (Å²) in [4.78, 5) is 20.2. The molecule has 0 atom stereocenters. The molecule has 82 valence electrons. The minimum atomic E-state index is -0.331. The fraction of sp³-hybridized carbons (Fsp3) is 0.182. The average Bonchev–Trinajstić information content (AvgIpc) is 2.80. The van der Waals surface area contributed by atoms with Crippen LogP contribution in [-0.2, 0) is 4.74 Å². The molecule has 0 aliphatic carbocycles. The third-order valence-corrected chi connectivity index (χ3v) is 2.87. The Balaban J connectivity index is 2.23. The van der Waals surface area contributed by atoms with E-state index in [1.807, 2.05) is 18.2 Å². The first-order valence-electron chi connectivity index (χ1n) is 4.85. The van der Waals surface area contributed by atoms with E-state index in [-0.39, 0.29) is 5.97 Å². The quantitative estimate of drug-likeness (QED) is 0.765. The fourth-order valence-corrected chi connectivity index (χ4v) is 1.97. The molecule has 0 aliphatic rings. The van der Waals surface area contributed by atoms with Crippen LogP contribution in [0.4, 0.5) is 0 Å². The van der Waals surface area contributed by atoms with Crippen molar-refractivity contribution >= 4 is 17.3 Å². The van der Waals surface area contributed by atoms with Gasteiger partial charge in [0.15, 0.2) is 0 Å². The van der Waals surface area contributed by atoms with E-state index < -0.39 is 0 Å². The lowest BCUT2D eigenvalue weighted by atomic mass is 10.4. The van der Waals surface area contributed by atoms with Crippen LogP contribution in [0.3, 0.4) is 0 Å². The Labute approximate surface area is 96.9 Å². The number of hydrogen-bond acceptors (Lipinski definition) is 5. The smallest absolute Gasteiger partial charge is 0.349 e. The molecule has 2 heterocycles. The Kier molecular flexibility index (Phi) is 3.26. The summed E-state index contributed by atoms with van der Waals surface area (Å²) >= 11 is 1.29. The first kappa shape index (κ1) is 10.8. The molecule has 0 aromatic carbocycles. The van der Waals surface area contributed by atoms with Crippen LogP contribution < -0.4 is 0 Å². The van der Waals surface area contributed by atoms with Gasteiger partial charge in [-0.15, -0.1) is 11.3 Å². The van der Waals surface area contributed by atoms with E-state index in [1.54, 1.807) is 13.1 Å². The standard InChI is InChI=1S/C11H10N2O2S/c1-2-15-11(14)9-7-13-10(16-9)8-5-3-4-6-12-8/h3-7H,2H2,1H3. The van der Waals surface area contributed by atoms with Crippen LogP contribution in [-0.4, -0.2) is 22.5 Å². The van der Waals surface area contributed by atoms with Gasteiger partial charge in [-0.2, -0.15) is 0 Å². The summed E-state index contributed by atoms with van der Waals surface area (Å²) in [5.74, 6) is -0.331. The minimum absolute atomic E-state index is 0.331. The molecule has 0 saturated carbocycles. The van der Waals surface area contributed by atoms with E-state index in [0.717, 1.165) is 10.7 Å². The summed E-state index contributed by atoms with van der Waals surface area (Å²) < 4.78 is 4.89. The largest absolute Gasteiger partial charge is 0.462 e. The highest BCUT2D eigenvalue weighted by Gasteiger charge is 2.12. The fourth-order valence-electron chi connectivity index (χ4n) is 1.18. The van der Waals surface area contributed by atoms with Gasteiger partial charge in [0.2, 0.25) is 0 Å². The van der Waals surface area contributed by atoms with E-state index >= 15 is 0 Å². The number of nitrogens with zero attached hydrogens (tertiary/aromatic N) is 2. The molecule has 0 spiro atoms. The summed E-state index contributed by atoms with van der Waals surface area (Å²) in [5, 5.41) is 0.726. The van der Waals surface area contributed by atoms with Crippen molar-refractivity contribution in [2.24, 2.45) is 0 Å². The monoisotopic (exact) mass is 234 g/mol. The number of rotatable bonds is 3. The van der Waals surface area contributed by atoms with Gasteiger partial charge in [-0.3, -0.25) is 4.98 Å². The van der Waals surface area contributed by atoms with Gasteiger partial charge in [-0.25, -0.2) is 9.78 Å². The second-order valence-electron chi connectivity index (χ2n) is 2.97. The molecule has 4 nitrogen and oxygen atoms in total. The van der Waals surface area contributed by atoms with Gasteiger partial charge >= 0.3 is 5.97 Å². The zero-order chi connectivity index (χ0) is 11.4. The summed E-state index contributed by atoms with van der Waals surface area (Å²) in [5.41, 5.74) is 0.767. The van der Waals surface area contributed by atoms with Gasteiger partial charge in [-0.05, 0) is 19.1 Å². The average molecular weight is 234 g/mol. The Morgan fingerprint density at radius 3 is 3.00 bits per heavy atom. The first-order valence-corrected chi connectivity index (χ1v) is 5.67. The highest BCUT2D eigenvalue weighted by atomic mass is 32.1. The van der Waals surface area contributed by atoms with Gasteiger partial charge in [0.05, 0.1) is 18.5 Å². The van der Waals surface area contributed by atoms with Crippen molar-refractivity contribution in [1.29, 1.82) is 0 Å². The highest BCUT2D eigenvalue weighted by molar-refractivity contribution is 7.16. The number of hydrogen-bond donors (Lipinski definition) is 0. The van der Waals surface area contributed by atoms with Crippen molar-refractivity contribution in [2.45, 2.75) is 6.92 Å². The zero-order valence-electron chi connectivity index (χ0n) is 8.71. The number of carbonyl (C=O) groups excluding carboxylic acids is 1. The summed E-state index contributed by atoms with van der Waals surface area (Å²) in [7, 11) is 0. The third-order valence-electron chi connectivity index (χ3n) is 1.87. The minimum Gasteiger partial charge on any atom is -0.462 e. The zero-order valence-corrected chi connectivity index (χ0v) is 9.53. The molecule has 0 saturated heterocycles. The molecule has 2 aromatic heterocycles. The molecule has 0 N–H and O–H groups in total. The van der Waals surface area contributed by atoms with Crippen molar-refractivity contribution < 1.29 is 9.53 Å². The molecule has 16 heavy (non-hydrogen) atoms. The number of carbonyl (C=O) groups is 1. The lowest BCUT2D eigenvalue weighted by Crippen LogP contribution is -2.01. The second kappa shape index (κ2) is 4.85. The van der Waals surface area contributed by atoms with Crippen molar-refractivity contribution in [3.63, 3.8) is 0 Å². The Morgan fingerprint density at radius 1 is 1.44 bits per heavy atom. The van der Waals surface area contributed by atoms with Gasteiger partial charge in [0.25, 0.3) is 0 Å². The molecule has 0 unspecified atom stereocenters. The molecule has 0 amide bonds. The summed E-state index contributed by atoms with van der Waals surface area (Å²) in [6.45, 7) is 2.15. The molecular weight excluding hydrogens is 224 g/mol. The van der Waals surface area contributed by atoms with Crippen molar-refractivity contribution in [3.05, 3.63) is 35.5 Å². The number of thiazole rings is 1. The van der Waals surface area contributed by atoms with Crippen LogP contribution >= 0.6 is 11.3 Å². The predicted molar refractivity (Wildman–Crippen MR) is 61.3 cm³/mol. The number of esters is 1. The van der Waals surface area contributed by atoms with Crippen LogP contribution in [0.1, 0.15) is 16.6 Å². The van der Waals surface area contributed by atoms with E-state index in [1.165, 1.54) is 17.5 Å². The molecule has 0 aliphatic heterocycles. The Morgan fingerprint density at radius 2 is 2.31 bits per heavy atom. The van der Waals surface area contributed by atoms with Crippen LogP contribution in [0, 0.1) is 0 Å². The summed E-state index contributed by atoms with van der Waals surface area (Å²) in [6.07, 6.45) is 3.22. The van der Waals surface area contributed by atoms with Crippen molar-refractivity contribution in [3.8, 4) is 10.7 Å². The maximum absolute atomic E-state index is 11.4. The lowest BCUT2D eigenvalue weighted by molar-refractivity contribution is 0.0532. The topological polar surface area (TPSA) is 52.1 Å². The molecule has 0 bridgehead atoms. The van der Waals surface area contributed by atoms with Crippen molar-refractivity contribution in [2.75, 3.05) is 6.61 Å². The first-order chi connectivity index (χ1) is 7.81. The molecular formula is C11H10N2O2S. The van der Waals surface area contributed by atoms with Crippen LogP contribution in [0.2, 0.25) is 0 Å². The number of ether oxygens (including phenoxy) is 1. The highest BCUT2D eigenvalue weighted by Crippen LogP contribution is 2.23. The third kappa shape index (κ3) is 2.25. The molecule has 2 rings (SSSR count). The van der Waals surface area contributed by atoms with Crippen LogP contribution in [0.15, 0.2) is 30.6 Å². The van der Waals surface area contributed by atoms with Gasteiger partial charge in [0.1, 0.15) is 9.88 Å². The number of aromatic nitrogens is 2.